The van der Waals surface area contributed by atoms with Gasteiger partial charge in [-0.3, -0.25) is 0 Å². The second-order valence-corrected chi connectivity index (χ2v) is 9.93. The van der Waals surface area contributed by atoms with Crippen LogP contribution in [0.1, 0.15) is 25.3 Å². The molecule has 1 heterocycles. The van der Waals surface area contributed by atoms with Crippen molar-refractivity contribution in [3.63, 3.8) is 0 Å². The molecule has 0 unspecified atom stereocenters. The van der Waals surface area contributed by atoms with Crippen LogP contribution in [0.15, 0.2) is 71.3 Å². The fourth-order valence-corrected chi connectivity index (χ4v) is 5.66. The normalized spacial score (nSPS) is 19.5. The predicted octanol–water partition coefficient (Wildman–Crippen LogP) is 3.10. The lowest BCUT2D eigenvalue weighted by Gasteiger charge is -2.19. The first kappa shape index (κ1) is 23.1. The van der Waals surface area contributed by atoms with Crippen LogP contribution in [0.2, 0.25) is 0 Å². The first-order valence-electron chi connectivity index (χ1n) is 10.2. The van der Waals surface area contributed by atoms with Crippen LogP contribution in [0, 0.1) is 0 Å². The second kappa shape index (κ2) is 10.1. The van der Waals surface area contributed by atoms with E-state index in [1.807, 2.05) is 37.3 Å². The molecule has 0 aromatic heterocycles. The minimum absolute atomic E-state index is 0.0405. The highest BCUT2D eigenvalue weighted by atomic mass is 32.2. The molecule has 1 aliphatic rings. The van der Waals surface area contributed by atoms with Crippen molar-refractivity contribution in [1.82, 2.24) is 0 Å². The van der Waals surface area contributed by atoms with Crippen molar-refractivity contribution in [3.05, 3.63) is 76.9 Å². The molecular weight excluding hydrogens is 416 g/mol. The van der Waals surface area contributed by atoms with E-state index in [1.54, 1.807) is 30.3 Å². The summed E-state index contributed by atoms with van der Waals surface area (Å²) in [5, 5.41) is 29.4. The number of aliphatic hydroxyl groups is 2. The highest BCUT2D eigenvalue weighted by molar-refractivity contribution is 7.92. The Hall–Kier alpha value is -2.61. The molecule has 6 nitrogen and oxygen atoms in total. The van der Waals surface area contributed by atoms with Gasteiger partial charge in [-0.2, -0.15) is 0 Å². The Morgan fingerprint density at radius 1 is 1.16 bits per heavy atom. The average molecular weight is 445 g/mol. The van der Waals surface area contributed by atoms with E-state index in [-0.39, 0.29) is 18.1 Å². The number of hydrogen-bond donors (Lipinski definition) is 3. The van der Waals surface area contributed by atoms with Crippen LogP contribution in [0.25, 0.3) is 6.08 Å². The average Bonchev–Trinajstić information content (AvgIpc) is 3.02. The minimum Gasteiger partial charge on any atom is -0.507 e. The molecule has 31 heavy (non-hydrogen) atoms. The van der Waals surface area contributed by atoms with Crippen molar-refractivity contribution in [2.24, 2.45) is 0 Å². The van der Waals surface area contributed by atoms with E-state index < -0.39 is 27.8 Å². The number of rotatable bonds is 9. The molecule has 0 aliphatic carbocycles. The molecule has 2 aromatic rings. The molecule has 166 valence electrons. The Bertz CT molecular complexity index is 1060. The maximum absolute atomic E-state index is 12.5. The van der Waals surface area contributed by atoms with Gasteiger partial charge < -0.3 is 20.1 Å². The molecule has 7 heteroatoms. The van der Waals surface area contributed by atoms with E-state index in [2.05, 4.69) is 0 Å². The highest BCUT2D eigenvalue weighted by Gasteiger charge is 2.41. The van der Waals surface area contributed by atoms with Crippen molar-refractivity contribution in [2.75, 3.05) is 19.0 Å². The quantitative estimate of drug-likeness (QED) is 0.514. The van der Waals surface area contributed by atoms with Gasteiger partial charge in [-0.1, -0.05) is 48.0 Å². The van der Waals surface area contributed by atoms with E-state index in [4.69, 9.17) is 4.74 Å². The van der Waals surface area contributed by atoms with Gasteiger partial charge in [0, 0.05) is 5.56 Å². The number of phenols is 1. The molecule has 2 atom stereocenters. The van der Waals surface area contributed by atoms with Crippen molar-refractivity contribution >= 4 is 15.9 Å². The van der Waals surface area contributed by atoms with Crippen LogP contribution in [0.5, 0.6) is 11.5 Å². The SMILES string of the molecule is C/C(=C\c1ccccc1O)CC[C@@H](O)C1=C(COc2ccccc2)CS(=O)(=O)[C@H]1CO. The van der Waals surface area contributed by atoms with Crippen LogP contribution in [0.3, 0.4) is 0 Å². The number of aliphatic hydroxyl groups excluding tert-OH is 2. The molecule has 0 bridgehead atoms. The van der Waals surface area contributed by atoms with Crippen LogP contribution in [-0.4, -0.2) is 54.1 Å². The number of ether oxygens (including phenoxy) is 1. The van der Waals surface area contributed by atoms with Gasteiger partial charge in [0.1, 0.15) is 23.4 Å². The molecule has 0 fully saturated rings. The molecular formula is C24H28O6S. The number of phenolic OH excluding ortho intramolecular Hbond substituents is 1. The van der Waals surface area contributed by atoms with Crippen molar-refractivity contribution < 1.29 is 28.5 Å². The van der Waals surface area contributed by atoms with E-state index in [0.29, 0.717) is 35.3 Å². The van der Waals surface area contributed by atoms with Crippen molar-refractivity contribution in [1.29, 1.82) is 0 Å². The second-order valence-electron chi connectivity index (χ2n) is 7.74. The highest BCUT2D eigenvalue weighted by Crippen LogP contribution is 2.32. The van der Waals surface area contributed by atoms with Gasteiger partial charge in [0.05, 0.1) is 18.5 Å². The van der Waals surface area contributed by atoms with Gasteiger partial charge in [-0.05, 0) is 49.1 Å². The molecule has 0 spiro atoms. The number of para-hydroxylation sites is 2. The Kier molecular flexibility index (Phi) is 7.54. The fraction of sp³-hybridized carbons (Fsp3) is 0.333. The Labute approximate surface area is 183 Å². The summed E-state index contributed by atoms with van der Waals surface area (Å²) in [6.45, 7) is 1.36. The molecule has 0 radical (unpaired) electrons. The van der Waals surface area contributed by atoms with Crippen LogP contribution in [0.4, 0.5) is 0 Å². The maximum atomic E-state index is 12.5. The third-order valence-electron chi connectivity index (χ3n) is 5.40. The summed E-state index contributed by atoms with van der Waals surface area (Å²) in [6.07, 6.45) is 1.62. The molecule has 3 N–H and O–H groups in total. The molecule has 1 aliphatic heterocycles. The largest absolute Gasteiger partial charge is 0.507 e. The molecule has 0 saturated heterocycles. The third-order valence-corrected chi connectivity index (χ3v) is 7.42. The number of benzene rings is 2. The summed E-state index contributed by atoms with van der Waals surface area (Å²) >= 11 is 0. The van der Waals surface area contributed by atoms with Gasteiger partial charge in [-0.15, -0.1) is 0 Å². The molecule has 0 amide bonds. The molecule has 2 aromatic carbocycles. The predicted molar refractivity (Wildman–Crippen MR) is 121 cm³/mol. The third kappa shape index (κ3) is 5.76. The smallest absolute Gasteiger partial charge is 0.163 e. The first-order chi connectivity index (χ1) is 14.8. The van der Waals surface area contributed by atoms with E-state index in [0.717, 1.165) is 5.57 Å². The van der Waals surface area contributed by atoms with Gasteiger partial charge in [0.15, 0.2) is 9.84 Å². The summed E-state index contributed by atoms with van der Waals surface area (Å²) in [4.78, 5) is 0. The number of allylic oxidation sites excluding steroid dienone is 1. The standard InChI is InChI=1S/C24H28O6S/c1-17(13-18-7-5-6-10-21(18)26)11-12-22(27)24-19(16-31(28,29)23(24)14-25)15-30-20-8-3-2-4-9-20/h2-10,13,22-23,25-27H,11-12,14-16H2,1H3/b17-13+/t22-,23+/m1/s1. The molecule has 3 rings (SSSR count). The lowest BCUT2D eigenvalue weighted by Crippen LogP contribution is -2.29. The zero-order valence-electron chi connectivity index (χ0n) is 17.4. The number of aromatic hydroxyl groups is 1. The van der Waals surface area contributed by atoms with E-state index in [9.17, 15) is 23.7 Å². The van der Waals surface area contributed by atoms with Gasteiger partial charge in [0.25, 0.3) is 0 Å². The van der Waals surface area contributed by atoms with Crippen molar-refractivity contribution in [3.8, 4) is 11.5 Å². The topological polar surface area (TPSA) is 104 Å². The minimum atomic E-state index is -3.59. The monoisotopic (exact) mass is 444 g/mol. The summed E-state index contributed by atoms with van der Waals surface area (Å²) in [7, 11) is -3.59. The summed E-state index contributed by atoms with van der Waals surface area (Å²) < 4.78 is 30.8. The maximum Gasteiger partial charge on any atom is 0.163 e. The Morgan fingerprint density at radius 3 is 2.52 bits per heavy atom. The summed E-state index contributed by atoms with van der Waals surface area (Å²) in [6, 6.07) is 16.0. The fourth-order valence-electron chi connectivity index (χ4n) is 3.79. The zero-order valence-corrected chi connectivity index (χ0v) is 18.3. The lowest BCUT2D eigenvalue weighted by atomic mass is 9.95. The van der Waals surface area contributed by atoms with Gasteiger partial charge in [-0.25, -0.2) is 8.42 Å². The zero-order chi connectivity index (χ0) is 22.4. The summed E-state index contributed by atoms with van der Waals surface area (Å²) in [5.74, 6) is 0.548. The lowest BCUT2D eigenvalue weighted by molar-refractivity contribution is 0.187. The van der Waals surface area contributed by atoms with Crippen LogP contribution in [-0.2, 0) is 9.84 Å². The Balaban J connectivity index is 1.75. The first-order valence-corrected chi connectivity index (χ1v) is 11.9. The summed E-state index contributed by atoms with van der Waals surface area (Å²) in [5.41, 5.74) is 2.46. The van der Waals surface area contributed by atoms with Crippen LogP contribution < -0.4 is 4.74 Å². The van der Waals surface area contributed by atoms with Gasteiger partial charge in [0.2, 0.25) is 0 Å². The number of hydrogen-bond acceptors (Lipinski definition) is 6. The van der Waals surface area contributed by atoms with E-state index >= 15 is 0 Å². The molecule has 0 saturated carbocycles. The van der Waals surface area contributed by atoms with Crippen molar-refractivity contribution in [2.45, 2.75) is 31.1 Å². The van der Waals surface area contributed by atoms with Gasteiger partial charge >= 0.3 is 0 Å². The number of sulfone groups is 1. The Morgan fingerprint density at radius 2 is 1.84 bits per heavy atom. The van der Waals surface area contributed by atoms with E-state index in [1.165, 1.54) is 0 Å². The van der Waals surface area contributed by atoms with Crippen LogP contribution >= 0.6 is 0 Å².